The van der Waals surface area contributed by atoms with Crippen LogP contribution in [0.3, 0.4) is 0 Å². The predicted molar refractivity (Wildman–Crippen MR) is 66.1 cm³/mol. The predicted octanol–water partition coefficient (Wildman–Crippen LogP) is 2.30. The monoisotopic (exact) mass is 220 g/mol. The third-order valence-electron chi connectivity index (χ3n) is 3.51. The van der Waals surface area contributed by atoms with Crippen LogP contribution >= 0.6 is 0 Å². The van der Waals surface area contributed by atoms with Crippen LogP contribution in [0.4, 0.5) is 11.6 Å². The Morgan fingerprint density at radius 2 is 2.12 bits per heavy atom. The number of aromatic nitrogens is 2. The summed E-state index contributed by atoms with van der Waals surface area (Å²) in [5.74, 6) is 2.89. The smallest absolute Gasteiger partial charge is 0.144 e. The highest BCUT2D eigenvalue weighted by molar-refractivity contribution is 5.35. The Hall–Kier alpha value is -1.32. The van der Waals surface area contributed by atoms with Crippen LogP contribution in [0.25, 0.3) is 0 Å². The summed E-state index contributed by atoms with van der Waals surface area (Å²) in [6.07, 6.45) is 8.73. The maximum atomic E-state index is 5.49. The van der Waals surface area contributed by atoms with E-state index in [4.69, 9.17) is 5.73 Å². The molecular weight excluding hydrogens is 200 g/mol. The highest BCUT2D eigenvalue weighted by Crippen LogP contribution is 2.29. The first-order chi connectivity index (χ1) is 7.75. The number of nitrogens with zero attached hydrogens (tertiary/aromatic N) is 2. The van der Waals surface area contributed by atoms with Gasteiger partial charge in [0.05, 0.1) is 12.4 Å². The van der Waals surface area contributed by atoms with Gasteiger partial charge in [-0.15, -0.1) is 0 Å². The van der Waals surface area contributed by atoms with Gasteiger partial charge < -0.3 is 11.1 Å². The van der Waals surface area contributed by atoms with E-state index in [0.717, 1.165) is 24.2 Å². The quantitative estimate of drug-likeness (QED) is 0.820. The van der Waals surface area contributed by atoms with Crippen molar-refractivity contribution in [3.8, 4) is 0 Å². The van der Waals surface area contributed by atoms with Crippen LogP contribution in [0, 0.1) is 11.8 Å². The molecule has 16 heavy (non-hydrogen) atoms. The number of hydrogen-bond donors (Lipinski definition) is 2. The van der Waals surface area contributed by atoms with E-state index in [1.165, 1.54) is 25.7 Å². The van der Waals surface area contributed by atoms with Crippen LogP contribution in [0.5, 0.6) is 0 Å². The van der Waals surface area contributed by atoms with Crippen LogP contribution in [0.1, 0.15) is 32.6 Å². The average Bonchev–Trinajstić information content (AvgIpc) is 2.30. The Morgan fingerprint density at radius 3 is 2.81 bits per heavy atom. The molecule has 2 rings (SSSR count). The molecule has 1 aromatic heterocycles. The maximum absolute atomic E-state index is 5.49. The molecule has 0 saturated heterocycles. The lowest BCUT2D eigenvalue weighted by molar-refractivity contribution is 0.268. The molecule has 4 nitrogen and oxygen atoms in total. The van der Waals surface area contributed by atoms with E-state index >= 15 is 0 Å². The van der Waals surface area contributed by atoms with Crippen LogP contribution in [0.15, 0.2) is 12.4 Å². The van der Waals surface area contributed by atoms with Crippen molar-refractivity contribution in [2.24, 2.45) is 11.8 Å². The van der Waals surface area contributed by atoms with E-state index in [-0.39, 0.29) is 0 Å². The second-order valence-electron chi connectivity index (χ2n) is 4.73. The van der Waals surface area contributed by atoms with Crippen molar-refractivity contribution in [3.63, 3.8) is 0 Å². The number of anilines is 2. The standard InChI is InChI=1S/C12H20N4/c1-9-4-2-3-5-10(9)6-15-12-8-14-11(13)7-16-12/h7-10H,2-6H2,1H3,(H2,13,14)(H,15,16). The minimum absolute atomic E-state index is 0.469. The van der Waals surface area contributed by atoms with Gasteiger partial charge in [-0.3, -0.25) is 0 Å². The summed E-state index contributed by atoms with van der Waals surface area (Å²) in [7, 11) is 0. The molecule has 0 bridgehead atoms. The zero-order valence-electron chi connectivity index (χ0n) is 9.82. The average molecular weight is 220 g/mol. The van der Waals surface area contributed by atoms with Crippen LogP contribution in [0.2, 0.25) is 0 Å². The van der Waals surface area contributed by atoms with Gasteiger partial charge in [0.25, 0.3) is 0 Å². The second kappa shape index (κ2) is 5.14. The maximum Gasteiger partial charge on any atom is 0.144 e. The molecule has 88 valence electrons. The van der Waals surface area contributed by atoms with Crippen molar-refractivity contribution in [1.82, 2.24) is 9.97 Å². The molecule has 0 aromatic carbocycles. The summed E-state index contributed by atoms with van der Waals surface area (Å²) in [6.45, 7) is 3.35. The summed E-state index contributed by atoms with van der Waals surface area (Å²) in [6, 6.07) is 0. The van der Waals surface area contributed by atoms with Gasteiger partial charge in [-0.25, -0.2) is 9.97 Å². The van der Waals surface area contributed by atoms with Gasteiger partial charge in [0.2, 0.25) is 0 Å². The molecule has 1 fully saturated rings. The van der Waals surface area contributed by atoms with Crippen molar-refractivity contribution in [1.29, 1.82) is 0 Å². The molecule has 1 aliphatic rings. The molecule has 2 atom stereocenters. The molecule has 1 saturated carbocycles. The Labute approximate surface area is 96.7 Å². The van der Waals surface area contributed by atoms with Gasteiger partial charge in [-0.1, -0.05) is 26.2 Å². The number of nitrogen functional groups attached to an aromatic ring is 1. The van der Waals surface area contributed by atoms with Crippen molar-refractivity contribution in [2.75, 3.05) is 17.6 Å². The Bertz CT molecular complexity index is 322. The molecule has 0 radical (unpaired) electrons. The Balaban J connectivity index is 1.84. The molecule has 1 aliphatic carbocycles. The highest BCUT2D eigenvalue weighted by Gasteiger charge is 2.20. The van der Waals surface area contributed by atoms with E-state index in [1.807, 2.05) is 0 Å². The third-order valence-corrected chi connectivity index (χ3v) is 3.51. The number of nitrogens with two attached hydrogens (primary N) is 1. The van der Waals surface area contributed by atoms with Gasteiger partial charge in [0.15, 0.2) is 0 Å². The first-order valence-electron chi connectivity index (χ1n) is 6.07. The largest absolute Gasteiger partial charge is 0.382 e. The van der Waals surface area contributed by atoms with Crippen molar-refractivity contribution in [2.45, 2.75) is 32.6 Å². The van der Waals surface area contributed by atoms with E-state index in [1.54, 1.807) is 12.4 Å². The topological polar surface area (TPSA) is 63.8 Å². The highest BCUT2D eigenvalue weighted by atomic mass is 15.0. The summed E-state index contributed by atoms with van der Waals surface area (Å²) in [4.78, 5) is 8.20. The van der Waals surface area contributed by atoms with Crippen LogP contribution < -0.4 is 11.1 Å². The molecule has 0 amide bonds. The van der Waals surface area contributed by atoms with Crippen LogP contribution in [-0.4, -0.2) is 16.5 Å². The lowest BCUT2D eigenvalue weighted by atomic mass is 9.80. The van der Waals surface area contributed by atoms with Gasteiger partial charge >= 0.3 is 0 Å². The fraction of sp³-hybridized carbons (Fsp3) is 0.667. The fourth-order valence-electron chi connectivity index (χ4n) is 2.36. The molecule has 3 N–H and O–H groups in total. The second-order valence-corrected chi connectivity index (χ2v) is 4.73. The summed E-state index contributed by atoms with van der Waals surface area (Å²) >= 11 is 0. The normalized spacial score (nSPS) is 25.3. The summed E-state index contributed by atoms with van der Waals surface area (Å²) in [5, 5.41) is 3.34. The zero-order chi connectivity index (χ0) is 11.4. The first-order valence-corrected chi connectivity index (χ1v) is 6.07. The minimum Gasteiger partial charge on any atom is -0.382 e. The molecule has 0 aliphatic heterocycles. The van der Waals surface area contributed by atoms with Gasteiger partial charge in [0, 0.05) is 6.54 Å². The number of rotatable bonds is 3. The Kier molecular flexibility index (Phi) is 3.59. The van der Waals surface area contributed by atoms with Gasteiger partial charge in [0.1, 0.15) is 11.6 Å². The molecule has 2 unspecified atom stereocenters. The lowest BCUT2D eigenvalue weighted by Gasteiger charge is -2.28. The SMILES string of the molecule is CC1CCCCC1CNc1cnc(N)cn1. The molecule has 0 spiro atoms. The molecule has 1 heterocycles. The van der Waals surface area contributed by atoms with E-state index < -0.39 is 0 Å². The van der Waals surface area contributed by atoms with Crippen molar-refractivity contribution < 1.29 is 0 Å². The summed E-state index contributed by atoms with van der Waals surface area (Å²) < 4.78 is 0. The Morgan fingerprint density at radius 1 is 1.31 bits per heavy atom. The summed E-state index contributed by atoms with van der Waals surface area (Å²) in [5.41, 5.74) is 5.49. The number of nitrogens with one attached hydrogen (secondary N) is 1. The van der Waals surface area contributed by atoms with E-state index in [0.29, 0.717) is 5.82 Å². The van der Waals surface area contributed by atoms with Gasteiger partial charge in [-0.05, 0) is 18.3 Å². The molecular formula is C12H20N4. The first kappa shape index (κ1) is 11.2. The number of hydrogen-bond acceptors (Lipinski definition) is 4. The van der Waals surface area contributed by atoms with E-state index in [2.05, 4.69) is 22.2 Å². The van der Waals surface area contributed by atoms with Gasteiger partial charge in [-0.2, -0.15) is 0 Å². The van der Waals surface area contributed by atoms with E-state index in [9.17, 15) is 0 Å². The lowest BCUT2D eigenvalue weighted by Crippen LogP contribution is -2.24. The third kappa shape index (κ3) is 2.84. The van der Waals surface area contributed by atoms with Crippen molar-refractivity contribution in [3.05, 3.63) is 12.4 Å². The molecule has 4 heteroatoms. The van der Waals surface area contributed by atoms with Crippen molar-refractivity contribution >= 4 is 11.6 Å². The fourth-order valence-corrected chi connectivity index (χ4v) is 2.36. The molecule has 1 aromatic rings. The minimum atomic E-state index is 0.469. The van der Waals surface area contributed by atoms with Crippen LogP contribution in [-0.2, 0) is 0 Å². The zero-order valence-corrected chi connectivity index (χ0v) is 9.82.